The monoisotopic (exact) mass is 366 g/mol. The summed E-state index contributed by atoms with van der Waals surface area (Å²) in [6.45, 7) is 2.91. The first-order valence-electron chi connectivity index (χ1n) is 9.01. The van der Waals surface area contributed by atoms with E-state index in [0.717, 1.165) is 19.3 Å². The molecule has 0 rings (SSSR count). The highest BCUT2D eigenvalue weighted by Gasteiger charge is 2.32. The third-order valence-electron chi connectivity index (χ3n) is 3.95. The number of carbonyl (C=O) groups is 1. The molecule has 0 radical (unpaired) electrons. The summed E-state index contributed by atoms with van der Waals surface area (Å²) in [5.74, 6) is -0.839. The van der Waals surface area contributed by atoms with Crippen molar-refractivity contribution in [2.24, 2.45) is 0 Å². The second-order valence-corrected chi connectivity index (χ2v) is 9.05. The van der Waals surface area contributed by atoms with Crippen LogP contribution in [0.25, 0.3) is 0 Å². The van der Waals surface area contributed by atoms with Crippen molar-refractivity contribution in [3.8, 4) is 0 Å². The normalized spacial score (nSPS) is 13.7. The topological polar surface area (TPSA) is 80.7 Å². The predicted molar refractivity (Wildman–Crippen MR) is 96.4 cm³/mol. The number of quaternary nitrogens is 1. The fourth-order valence-electron chi connectivity index (χ4n) is 2.37. The Morgan fingerprint density at radius 1 is 1.00 bits per heavy atom. The quantitative estimate of drug-likeness (QED) is 0.221. The number of unbranched alkanes of at least 4 members (excludes halogenated alkanes) is 7. The average Bonchev–Trinajstić information content (AvgIpc) is 2.42. The third-order valence-corrected chi connectivity index (χ3v) is 5.10. The lowest BCUT2D eigenvalue weighted by Crippen LogP contribution is -2.39. The van der Waals surface area contributed by atoms with Gasteiger partial charge in [-0.05, 0) is 6.42 Å². The van der Waals surface area contributed by atoms with E-state index < -0.39 is 21.3 Å². The second-order valence-electron chi connectivity index (χ2n) is 7.45. The van der Waals surface area contributed by atoms with Crippen LogP contribution in [0.5, 0.6) is 0 Å². The number of carbonyl (C=O) groups excluding carboxylic acids is 1. The Morgan fingerprint density at radius 3 is 1.96 bits per heavy atom. The molecular weight excluding hydrogens is 330 g/mol. The Morgan fingerprint density at radius 2 is 1.50 bits per heavy atom. The first-order valence-corrected chi connectivity index (χ1v) is 10.5. The van der Waals surface area contributed by atoms with Crippen molar-refractivity contribution in [3.05, 3.63) is 0 Å². The lowest BCUT2D eigenvalue weighted by molar-refractivity contribution is -0.870. The minimum absolute atomic E-state index is 0.122. The zero-order valence-electron chi connectivity index (χ0n) is 15.8. The van der Waals surface area contributed by atoms with Gasteiger partial charge >= 0.3 is 5.97 Å². The van der Waals surface area contributed by atoms with E-state index in [9.17, 15) is 17.8 Å². The molecule has 0 fully saturated rings. The maximum Gasteiger partial charge on any atom is 0.327 e. The van der Waals surface area contributed by atoms with Gasteiger partial charge in [0.05, 0.1) is 21.1 Å². The number of hydrogen-bond acceptors (Lipinski definition) is 4. The molecule has 1 unspecified atom stereocenters. The summed E-state index contributed by atoms with van der Waals surface area (Å²) in [5.41, 5.74) is 0. The molecule has 0 aliphatic rings. The maximum atomic E-state index is 11.9. The van der Waals surface area contributed by atoms with Crippen LogP contribution in [0.2, 0.25) is 0 Å². The summed E-state index contributed by atoms with van der Waals surface area (Å²) in [6.07, 6.45) is 8.65. The molecule has 7 heteroatoms. The molecule has 144 valence electrons. The third kappa shape index (κ3) is 12.7. The fourth-order valence-corrected chi connectivity index (χ4v) is 3.14. The largest absolute Gasteiger partial charge is 0.459 e. The average molecular weight is 367 g/mol. The molecule has 0 aliphatic carbocycles. The number of hydrogen-bond donors (Lipinski definition) is 1. The molecule has 0 bridgehead atoms. The minimum atomic E-state index is -4.41. The van der Waals surface area contributed by atoms with E-state index >= 15 is 0 Å². The highest BCUT2D eigenvalue weighted by molar-refractivity contribution is 7.87. The highest BCUT2D eigenvalue weighted by Crippen LogP contribution is 2.15. The Labute approximate surface area is 147 Å². The summed E-state index contributed by atoms with van der Waals surface area (Å²) in [7, 11) is 1.44. The first-order chi connectivity index (χ1) is 11.1. The van der Waals surface area contributed by atoms with Gasteiger partial charge in [-0.1, -0.05) is 58.3 Å². The zero-order valence-corrected chi connectivity index (χ0v) is 16.6. The van der Waals surface area contributed by atoms with Gasteiger partial charge in [0.25, 0.3) is 10.1 Å². The molecule has 1 atom stereocenters. The molecule has 1 N–H and O–H groups in total. The lowest BCUT2D eigenvalue weighted by Gasteiger charge is -2.23. The number of nitrogens with zero attached hydrogens (tertiary/aromatic N) is 1. The van der Waals surface area contributed by atoms with Gasteiger partial charge in [-0.15, -0.1) is 0 Å². The molecule has 0 heterocycles. The summed E-state index contributed by atoms with van der Waals surface area (Å²) in [6, 6.07) is 0. The van der Waals surface area contributed by atoms with Gasteiger partial charge in [-0.25, -0.2) is 0 Å². The van der Waals surface area contributed by atoms with Crippen molar-refractivity contribution in [1.29, 1.82) is 0 Å². The molecule has 24 heavy (non-hydrogen) atoms. The van der Waals surface area contributed by atoms with Gasteiger partial charge in [0.1, 0.15) is 13.2 Å². The van der Waals surface area contributed by atoms with E-state index in [-0.39, 0.29) is 13.0 Å². The summed E-state index contributed by atoms with van der Waals surface area (Å²) in [5, 5.41) is -1.45. The Kier molecular flexibility index (Phi) is 11.5. The van der Waals surface area contributed by atoms with Gasteiger partial charge in [0.15, 0.2) is 5.25 Å². The van der Waals surface area contributed by atoms with Gasteiger partial charge in [-0.3, -0.25) is 9.35 Å². The van der Waals surface area contributed by atoms with Crippen LogP contribution in [0.15, 0.2) is 0 Å². The SMILES string of the molecule is CCCCCCCCCCC(C(=O)OCC[N+](C)(C)C)S(=O)(=O)O. The van der Waals surface area contributed by atoms with Crippen LogP contribution in [0.1, 0.15) is 64.7 Å². The van der Waals surface area contributed by atoms with Crippen LogP contribution in [-0.2, 0) is 19.6 Å². The number of likely N-dealkylation sites (N-methyl/N-ethyl adjacent to an activating group) is 1. The van der Waals surface area contributed by atoms with Crippen LogP contribution in [0.4, 0.5) is 0 Å². The molecule has 0 amide bonds. The molecule has 0 aromatic carbocycles. The molecule has 0 aromatic heterocycles. The van der Waals surface area contributed by atoms with Gasteiger partial charge in [-0.2, -0.15) is 8.42 Å². The lowest BCUT2D eigenvalue weighted by atomic mass is 10.1. The van der Waals surface area contributed by atoms with Crippen LogP contribution in [0.3, 0.4) is 0 Å². The smallest absolute Gasteiger partial charge is 0.327 e. The van der Waals surface area contributed by atoms with E-state index in [2.05, 4.69) is 6.92 Å². The van der Waals surface area contributed by atoms with Crippen LogP contribution in [-0.4, -0.2) is 63.0 Å². The molecule has 0 spiro atoms. The maximum absolute atomic E-state index is 11.9. The number of ether oxygens (including phenoxy) is 1. The Bertz CT molecular complexity index is 442. The fraction of sp³-hybridized carbons (Fsp3) is 0.941. The van der Waals surface area contributed by atoms with E-state index in [1.807, 2.05) is 21.1 Å². The summed E-state index contributed by atoms with van der Waals surface area (Å²) >= 11 is 0. The van der Waals surface area contributed by atoms with Crippen molar-refractivity contribution in [3.63, 3.8) is 0 Å². The second kappa shape index (κ2) is 11.8. The minimum Gasteiger partial charge on any atom is -0.459 e. The van der Waals surface area contributed by atoms with Crippen LogP contribution >= 0.6 is 0 Å². The predicted octanol–water partition coefficient (Wildman–Crippen LogP) is 3.02. The van der Waals surface area contributed by atoms with Gasteiger partial charge in [0.2, 0.25) is 0 Å². The molecule has 0 saturated heterocycles. The van der Waals surface area contributed by atoms with E-state index in [1.54, 1.807) is 0 Å². The number of esters is 1. The molecular formula is C17H36NO5S+. The van der Waals surface area contributed by atoms with Crippen molar-refractivity contribution >= 4 is 16.1 Å². The van der Waals surface area contributed by atoms with Crippen LogP contribution < -0.4 is 0 Å². The van der Waals surface area contributed by atoms with Crippen LogP contribution in [0, 0.1) is 0 Å². The molecule has 0 aliphatic heterocycles. The Balaban J connectivity index is 4.13. The van der Waals surface area contributed by atoms with Crippen molar-refractivity contribution in [2.45, 2.75) is 70.0 Å². The van der Waals surface area contributed by atoms with Crippen molar-refractivity contribution in [2.75, 3.05) is 34.3 Å². The Hall–Kier alpha value is -0.660. The van der Waals surface area contributed by atoms with E-state index in [4.69, 9.17) is 4.74 Å². The standard InChI is InChI=1S/C17H35NO5S/c1-5-6-7-8-9-10-11-12-13-16(24(20,21)22)17(19)23-15-14-18(2,3)4/h16H,5-15H2,1-4H3/p+1. The zero-order chi connectivity index (χ0) is 18.6. The van der Waals surface area contributed by atoms with E-state index in [1.165, 1.54) is 25.7 Å². The van der Waals surface area contributed by atoms with Gasteiger partial charge < -0.3 is 9.22 Å². The number of rotatable bonds is 14. The van der Waals surface area contributed by atoms with Crippen molar-refractivity contribution < 1.29 is 27.0 Å². The van der Waals surface area contributed by atoms with Gasteiger partial charge in [0, 0.05) is 0 Å². The van der Waals surface area contributed by atoms with Crippen molar-refractivity contribution in [1.82, 2.24) is 0 Å². The molecule has 6 nitrogen and oxygen atoms in total. The van der Waals surface area contributed by atoms with E-state index in [0.29, 0.717) is 17.4 Å². The molecule has 0 saturated carbocycles. The summed E-state index contributed by atoms with van der Waals surface area (Å²) in [4.78, 5) is 11.9. The highest BCUT2D eigenvalue weighted by atomic mass is 32.2. The molecule has 0 aromatic rings. The first kappa shape index (κ1) is 23.3. The summed E-state index contributed by atoms with van der Waals surface area (Å²) < 4.78 is 37.8.